The van der Waals surface area contributed by atoms with E-state index in [1.807, 2.05) is 24.3 Å². The van der Waals surface area contributed by atoms with Gasteiger partial charge >= 0.3 is 0 Å². The first-order chi connectivity index (χ1) is 12.1. The fourth-order valence-electron chi connectivity index (χ4n) is 3.14. The Hall–Kier alpha value is -2.16. The molecule has 128 valence electrons. The molecule has 0 amide bonds. The molecule has 3 aromatic rings. The van der Waals surface area contributed by atoms with Crippen LogP contribution in [0.1, 0.15) is 22.9 Å². The summed E-state index contributed by atoms with van der Waals surface area (Å²) >= 11 is 1.05. The van der Waals surface area contributed by atoms with E-state index >= 15 is 0 Å². The van der Waals surface area contributed by atoms with Crippen LogP contribution in [0.4, 0.5) is 4.39 Å². The van der Waals surface area contributed by atoms with E-state index in [9.17, 15) is 12.8 Å². The SMILES string of the molecule is O=S(=O)(c1ccc(F)cc1)N1CCc2ccccc2C1c1cnsn1. The van der Waals surface area contributed by atoms with E-state index in [0.29, 0.717) is 18.7 Å². The van der Waals surface area contributed by atoms with Crippen LogP contribution in [0.3, 0.4) is 0 Å². The molecule has 5 nitrogen and oxygen atoms in total. The minimum absolute atomic E-state index is 0.0708. The lowest BCUT2D eigenvalue weighted by Gasteiger charge is -2.35. The molecular formula is C17H14FN3O2S2. The van der Waals surface area contributed by atoms with E-state index in [1.165, 1.54) is 16.4 Å². The van der Waals surface area contributed by atoms with Gasteiger partial charge in [0.1, 0.15) is 5.82 Å². The molecule has 0 radical (unpaired) electrons. The van der Waals surface area contributed by atoms with Crippen LogP contribution < -0.4 is 0 Å². The first-order valence-corrected chi connectivity index (χ1v) is 9.87. The third-order valence-corrected chi connectivity index (χ3v) is 6.69. The number of hydrogen-bond donors (Lipinski definition) is 0. The monoisotopic (exact) mass is 375 g/mol. The predicted molar refractivity (Wildman–Crippen MR) is 92.2 cm³/mol. The standard InChI is InChI=1S/C17H14FN3O2S2/c18-13-5-7-14(8-6-13)25(22,23)21-10-9-12-3-1-2-4-15(12)17(21)16-11-19-24-20-16/h1-8,11,17H,9-10H2. The molecule has 1 aliphatic rings. The number of benzene rings is 2. The highest BCUT2D eigenvalue weighted by molar-refractivity contribution is 7.89. The summed E-state index contributed by atoms with van der Waals surface area (Å²) in [6.07, 6.45) is 2.22. The van der Waals surface area contributed by atoms with Gasteiger partial charge in [-0.05, 0) is 41.8 Å². The highest BCUT2D eigenvalue weighted by atomic mass is 32.2. The van der Waals surface area contributed by atoms with Crippen molar-refractivity contribution in [3.05, 3.63) is 77.4 Å². The van der Waals surface area contributed by atoms with Gasteiger partial charge in [0.15, 0.2) is 0 Å². The van der Waals surface area contributed by atoms with Crippen molar-refractivity contribution in [1.82, 2.24) is 13.1 Å². The Morgan fingerprint density at radius 3 is 2.60 bits per heavy atom. The maximum absolute atomic E-state index is 13.2. The van der Waals surface area contributed by atoms with E-state index < -0.39 is 21.9 Å². The van der Waals surface area contributed by atoms with Crippen LogP contribution in [-0.2, 0) is 16.4 Å². The van der Waals surface area contributed by atoms with Crippen molar-refractivity contribution in [3.63, 3.8) is 0 Å². The van der Waals surface area contributed by atoms with Crippen LogP contribution >= 0.6 is 11.7 Å². The van der Waals surface area contributed by atoms with Gasteiger partial charge in [0.05, 0.1) is 34.6 Å². The maximum Gasteiger partial charge on any atom is 0.244 e. The Labute approximate surface area is 149 Å². The number of fused-ring (bicyclic) bond motifs is 1. The van der Waals surface area contributed by atoms with Crippen LogP contribution in [-0.4, -0.2) is 28.0 Å². The lowest BCUT2D eigenvalue weighted by atomic mass is 9.93. The van der Waals surface area contributed by atoms with Gasteiger partial charge in [-0.3, -0.25) is 0 Å². The summed E-state index contributed by atoms with van der Waals surface area (Å²) in [5.41, 5.74) is 2.61. The highest BCUT2D eigenvalue weighted by Crippen LogP contribution is 2.37. The first kappa shape index (κ1) is 16.3. The Balaban J connectivity index is 1.84. The van der Waals surface area contributed by atoms with E-state index in [-0.39, 0.29) is 4.90 Å². The zero-order valence-electron chi connectivity index (χ0n) is 13.0. The van der Waals surface area contributed by atoms with Crippen LogP contribution in [0.25, 0.3) is 0 Å². The normalized spacial score (nSPS) is 18.0. The summed E-state index contributed by atoms with van der Waals surface area (Å²) in [4.78, 5) is 0.0708. The van der Waals surface area contributed by atoms with Crippen molar-refractivity contribution in [2.75, 3.05) is 6.54 Å². The number of halogens is 1. The minimum atomic E-state index is -3.79. The third kappa shape index (κ3) is 2.86. The zero-order valence-corrected chi connectivity index (χ0v) is 14.7. The molecule has 1 unspecified atom stereocenters. The largest absolute Gasteiger partial charge is 0.244 e. The molecule has 0 bridgehead atoms. The second kappa shape index (κ2) is 6.29. The average molecular weight is 375 g/mol. The Bertz CT molecular complexity index is 989. The lowest BCUT2D eigenvalue weighted by Crippen LogP contribution is -2.40. The zero-order chi connectivity index (χ0) is 17.4. The van der Waals surface area contributed by atoms with E-state index in [1.54, 1.807) is 6.20 Å². The Kier molecular flexibility index (Phi) is 4.10. The molecule has 0 aliphatic carbocycles. The molecule has 0 saturated heterocycles. The predicted octanol–water partition coefficient (Wildman–Crippen LogP) is 3.01. The van der Waals surface area contributed by atoms with Gasteiger partial charge in [0.25, 0.3) is 0 Å². The number of aromatic nitrogens is 2. The van der Waals surface area contributed by atoms with Gasteiger partial charge in [-0.25, -0.2) is 12.8 Å². The molecule has 1 aromatic heterocycles. The van der Waals surface area contributed by atoms with Gasteiger partial charge in [-0.1, -0.05) is 24.3 Å². The maximum atomic E-state index is 13.2. The second-order valence-electron chi connectivity index (χ2n) is 5.75. The summed E-state index contributed by atoms with van der Waals surface area (Å²) < 4.78 is 49.3. The number of sulfonamides is 1. The average Bonchev–Trinajstić information content (AvgIpc) is 3.15. The molecule has 8 heteroatoms. The Morgan fingerprint density at radius 1 is 1.12 bits per heavy atom. The summed E-state index contributed by atoms with van der Waals surface area (Å²) in [6.45, 7) is 0.332. The van der Waals surface area contributed by atoms with Crippen molar-refractivity contribution in [3.8, 4) is 0 Å². The van der Waals surface area contributed by atoms with Crippen molar-refractivity contribution in [1.29, 1.82) is 0 Å². The quantitative estimate of drug-likeness (QED) is 0.706. The third-order valence-electron chi connectivity index (χ3n) is 4.32. The van der Waals surface area contributed by atoms with Crippen LogP contribution in [0.5, 0.6) is 0 Å². The molecule has 1 atom stereocenters. The minimum Gasteiger partial charge on any atom is -0.207 e. The highest BCUT2D eigenvalue weighted by Gasteiger charge is 2.38. The van der Waals surface area contributed by atoms with Crippen LogP contribution in [0.15, 0.2) is 59.6 Å². The first-order valence-electron chi connectivity index (χ1n) is 7.70. The van der Waals surface area contributed by atoms with Crippen molar-refractivity contribution < 1.29 is 12.8 Å². The van der Waals surface area contributed by atoms with Crippen LogP contribution in [0, 0.1) is 5.82 Å². The number of hydrogen-bond acceptors (Lipinski definition) is 5. The molecular weight excluding hydrogens is 361 g/mol. The van der Waals surface area contributed by atoms with Crippen molar-refractivity contribution in [2.45, 2.75) is 17.4 Å². The van der Waals surface area contributed by atoms with E-state index in [2.05, 4.69) is 8.75 Å². The molecule has 0 fully saturated rings. The van der Waals surface area contributed by atoms with Gasteiger partial charge in [0, 0.05) is 6.54 Å². The summed E-state index contributed by atoms with van der Waals surface area (Å²) in [5.74, 6) is -0.469. The van der Waals surface area contributed by atoms with Crippen molar-refractivity contribution in [2.24, 2.45) is 0 Å². The molecule has 1 aliphatic heterocycles. The van der Waals surface area contributed by atoms with Crippen molar-refractivity contribution >= 4 is 21.8 Å². The number of nitrogens with zero attached hydrogens (tertiary/aromatic N) is 3. The van der Waals surface area contributed by atoms with E-state index in [0.717, 1.165) is 35.0 Å². The van der Waals surface area contributed by atoms with Gasteiger partial charge in [0.2, 0.25) is 10.0 Å². The number of rotatable bonds is 3. The molecule has 2 aromatic carbocycles. The van der Waals surface area contributed by atoms with E-state index in [4.69, 9.17) is 0 Å². The van der Waals surface area contributed by atoms with Crippen LogP contribution in [0.2, 0.25) is 0 Å². The molecule has 2 heterocycles. The van der Waals surface area contributed by atoms with Gasteiger partial charge in [-0.15, -0.1) is 0 Å². The molecule has 4 rings (SSSR count). The Morgan fingerprint density at radius 2 is 1.88 bits per heavy atom. The topological polar surface area (TPSA) is 63.2 Å². The summed E-state index contributed by atoms with van der Waals surface area (Å²) in [5, 5.41) is 0. The molecule has 0 spiro atoms. The van der Waals surface area contributed by atoms with Gasteiger partial charge in [-0.2, -0.15) is 13.1 Å². The second-order valence-corrected chi connectivity index (χ2v) is 8.20. The lowest BCUT2D eigenvalue weighted by molar-refractivity contribution is 0.340. The fourth-order valence-corrected chi connectivity index (χ4v) is 5.17. The fraction of sp³-hybridized carbons (Fsp3) is 0.176. The molecule has 25 heavy (non-hydrogen) atoms. The summed E-state index contributed by atoms with van der Waals surface area (Å²) in [7, 11) is -3.79. The summed E-state index contributed by atoms with van der Waals surface area (Å²) in [6, 6.07) is 12.1. The molecule has 0 saturated carbocycles. The smallest absolute Gasteiger partial charge is 0.207 e. The van der Waals surface area contributed by atoms with Gasteiger partial charge < -0.3 is 0 Å². The molecule has 0 N–H and O–H groups in total.